The van der Waals surface area contributed by atoms with Crippen LogP contribution < -0.4 is 19.8 Å². The summed E-state index contributed by atoms with van der Waals surface area (Å²) in [6, 6.07) is 20.9. The summed E-state index contributed by atoms with van der Waals surface area (Å²) in [7, 11) is 3.13. The van der Waals surface area contributed by atoms with Gasteiger partial charge in [0.15, 0.2) is 17.3 Å². The lowest BCUT2D eigenvalue weighted by atomic mass is 10.1. The SMILES string of the molecule is COc1ccc(/C=C/C(=O)c2cccc(-n3cc(COc4cc(=O)oc5ccccc45)nn3)c2)cc1OC. The predicted molar refractivity (Wildman–Crippen MR) is 141 cm³/mol. The summed E-state index contributed by atoms with van der Waals surface area (Å²) in [5.74, 6) is 1.43. The summed E-state index contributed by atoms with van der Waals surface area (Å²) in [4.78, 5) is 24.7. The van der Waals surface area contributed by atoms with E-state index in [0.29, 0.717) is 45.2 Å². The number of nitrogens with zero attached hydrogens (tertiary/aromatic N) is 3. The first-order valence-electron chi connectivity index (χ1n) is 11.7. The van der Waals surface area contributed by atoms with Gasteiger partial charge in [-0.05, 0) is 48.0 Å². The minimum atomic E-state index is -0.496. The molecule has 0 fully saturated rings. The van der Waals surface area contributed by atoms with Crippen molar-refractivity contribution in [3.63, 3.8) is 0 Å². The van der Waals surface area contributed by atoms with Gasteiger partial charge in [-0.25, -0.2) is 9.48 Å². The Labute approximate surface area is 217 Å². The Morgan fingerprint density at radius 2 is 1.79 bits per heavy atom. The van der Waals surface area contributed by atoms with E-state index >= 15 is 0 Å². The molecule has 3 aromatic carbocycles. The van der Waals surface area contributed by atoms with Crippen LogP contribution in [0.1, 0.15) is 21.6 Å². The molecule has 0 saturated carbocycles. The van der Waals surface area contributed by atoms with Gasteiger partial charge in [0.2, 0.25) is 0 Å². The Bertz CT molecular complexity index is 1700. The number of benzene rings is 3. The number of allylic oxidation sites excluding steroid dienone is 1. The number of hydrogen-bond acceptors (Lipinski definition) is 8. The van der Waals surface area contributed by atoms with Gasteiger partial charge in [0, 0.05) is 5.56 Å². The number of carbonyl (C=O) groups excluding carboxylic acids is 1. The van der Waals surface area contributed by atoms with Gasteiger partial charge >= 0.3 is 5.63 Å². The molecular weight excluding hydrogens is 486 g/mol. The van der Waals surface area contributed by atoms with Crippen molar-refractivity contribution in [2.45, 2.75) is 6.61 Å². The van der Waals surface area contributed by atoms with Gasteiger partial charge < -0.3 is 18.6 Å². The van der Waals surface area contributed by atoms with E-state index in [-0.39, 0.29) is 12.4 Å². The number of rotatable bonds is 9. The Morgan fingerprint density at radius 3 is 2.63 bits per heavy atom. The Morgan fingerprint density at radius 1 is 0.947 bits per heavy atom. The van der Waals surface area contributed by atoms with Crippen LogP contribution in [0.4, 0.5) is 0 Å². The molecule has 0 bridgehead atoms. The second-order valence-corrected chi connectivity index (χ2v) is 8.23. The third kappa shape index (κ3) is 5.31. The van der Waals surface area contributed by atoms with Crippen molar-refractivity contribution < 1.29 is 23.4 Å². The van der Waals surface area contributed by atoms with E-state index in [4.69, 9.17) is 18.6 Å². The maximum atomic E-state index is 12.8. The lowest BCUT2D eigenvalue weighted by Gasteiger charge is -2.07. The quantitative estimate of drug-likeness (QED) is 0.157. The van der Waals surface area contributed by atoms with Gasteiger partial charge in [0.25, 0.3) is 0 Å². The van der Waals surface area contributed by atoms with E-state index in [9.17, 15) is 9.59 Å². The predicted octanol–water partition coefficient (Wildman–Crippen LogP) is 4.87. The van der Waals surface area contributed by atoms with Gasteiger partial charge in [0.1, 0.15) is 23.6 Å². The molecule has 0 radical (unpaired) electrons. The average Bonchev–Trinajstić information content (AvgIpc) is 3.43. The number of aromatic nitrogens is 3. The topological polar surface area (TPSA) is 106 Å². The van der Waals surface area contributed by atoms with Crippen molar-refractivity contribution in [3.05, 3.63) is 112 Å². The first-order valence-corrected chi connectivity index (χ1v) is 11.7. The molecule has 2 aromatic heterocycles. The summed E-state index contributed by atoms with van der Waals surface area (Å²) in [5, 5.41) is 9.00. The highest BCUT2D eigenvalue weighted by Crippen LogP contribution is 2.28. The third-order valence-electron chi connectivity index (χ3n) is 5.76. The van der Waals surface area contributed by atoms with Crippen molar-refractivity contribution in [1.82, 2.24) is 15.0 Å². The van der Waals surface area contributed by atoms with Crippen LogP contribution in [0.25, 0.3) is 22.7 Å². The standard InChI is InChI=1S/C29H23N3O6/c1-35-26-13-11-19(14-28(26)36-2)10-12-24(33)20-6-5-7-22(15-20)32-17-21(30-31-32)18-37-27-16-29(34)38-25-9-4-3-8-23(25)27/h3-17H,18H2,1-2H3/b12-10+. The largest absolute Gasteiger partial charge is 0.493 e. The van der Waals surface area contributed by atoms with Gasteiger partial charge in [-0.1, -0.05) is 41.6 Å². The molecule has 0 spiro atoms. The van der Waals surface area contributed by atoms with Crippen molar-refractivity contribution in [3.8, 4) is 22.9 Å². The van der Waals surface area contributed by atoms with Crippen molar-refractivity contribution in [2.75, 3.05) is 14.2 Å². The van der Waals surface area contributed by atoms with Crippen LogP contribution in [0.3, 0.4) is 0 Å². The highest BCUT2D eigenvalue weighted by Gasteiger charge is 2.10. The minimum absolute atomic E-state index is 0.0974. The van der Waals surface area contributed by atoms with Gasteiger partial charge in [-0.2, -0.15) is 0 Å². The summed E-state index contributed by atoms with van der Waals surface area (Å²) >= 11 is 0. The van der Waals surface area contributed by atoms with E-state index in [1.54, 1.807) is 73.6 Å². The molecule has 2 heterocycles. The molecule has 38 heavy (non-hydrogen) atoms. The molecular formula is C29H23N3O6. The van der Waals surface area contributed by atoms with E-state index in [1.807, 2.05) is 24.3 Å². The van der Waals surface area contributed by atoms with Gasteiger partial charge in [-0.3, -0.25) is 4.79 Å². The number of methoxy groups -OCH3 is 2. The van der Waals surface area contributed by atoms with Crippen molar-refractivity contribution >= 4 is 22.8 Å². The highest BCUT2D eigenvalue weighted by atomic mass is 16.5. The zero-order valence-electron chi connectivity index (χ0n) is 20.7. The van der Waals surface area contributed by atoms with Crippen LogP contribution in [-0.2, 0) is 6.61 Å². The molecule has 0 aliphatic carbocycles. The Balaban J connectivity index is 1.29. The smallest absolute Gasteiger partial charge is 0.339 e. The molecule has 9 nitrogen and oxygen atoms in total. The number of ether oxygens (including phenoxy) is 3. The van der Waals surface area contributed by atoms with E-state index < -0.39 is 5.63 Å². The second kappa shape index (κ2) is 10.8. The van der Waals surface area contributed by atoms with Crippen molar-refractivity contribution in [2.24, 2.45) is 0 Å². The van der Waals surface area contributed by atoms with Crippen LogP contribution in [0.15, 0.2) is 94.3 Å². The van der Waals surface area contributed by atoms with Gasteiger partial charge in [-0.15, -0.1) is 5.10 Å². The second-order valence-electron chi connectivity index (χ2n) is 8.23. The number of carbonyl (C=O) groups is 1. The molecule has 5 rings (SSSR count). The molecule has 0 amide bonds. The van der Waals surface area contributed by atoms with Crippen LogP contribution in [0, 0.1) is 0 Å². The van der Waals surface area contributed by atoms with Gasteiger partial charge in [0.05, 0.1) is 37.6 Å². The van der Waals surface area contributed by atoms with Crippen molar-refractivity contribution in [1.29, 1.82) is 0 Å². The summed E-state index contributed by atoms with van der Waals surface area (Å²) in [6.45, 7) is 0.0974. The fraction of sp³-hybridized carbons (Fsp3) is 0.103. The van der Waals surface area contributed by atoms with Crippen LogP contribution in [0.5, 0.6) is 17.2 Å². The lowest BCUT2D eigenvalue weighted by molar-refractivity contribution is 0.104. The van der Waals surface area contributed by atoms with E-state index in [2.05, 4.69) is 10.3 Å². The molecule has 0 aliphatic heterocycles. The number of fused-ring (bicyclic) bond motifs is 1. The zero-order chi connectivity index (χ0) is 26.5. The summed E-state index contributed by atoms with van der Waals surface area (Å²) in [6.07, 6.45) is 4.92. The van der Waals surface area contributed by atoms with Crippen LogP contribution in [-0.4, -0.2) is 35.0 Å². The fourth-order valence-corrected chi connectivity index (χ4v) is 3.87. The number of ketones is 1. The average molecular weight is 510 g/mol. The first kappa shape index (κ1) is 24.5. The van der Waals surface area contributed by atoms with E-state index in [0.717, 1.165) is 5.56 Å². The third-order valence-corrected chi connectivity index (χ3v) is 5.76. The molecule has 0 unspecified atom stereocenters. The monoisotopic (exact) mass is 509 g/mol. The molecule has 9 heteroatoms. The Kier molecular flexibility index (Phi) is 6.99. The number of para-hydroxylation sites is 1. The maximum absolute atomic E-state index is 12.8. The minimum Gasteiger partial charge on any atom is -0.493 e. The highest BCUT2D eigenvalue weighted by molar-refractivity contribution is 6.07. The lowest BCUT2D eigenvalue weighted by Crippen LogP contribution is -2.02. The molecule has 0 atom stereocenters. The van der Waals surface area contributed by atoms with Crippen LogP contribution >= 0.6 is 0 Å². The molecule has 190 valence electrons. The maximum Gasteiger partial charge on any atom is 0.339 e. The first-order chi connectivity index (χ1) is 18.5. The van der Waals surface area contributed by atoms with E-state index in [1.165, 1.54) is 12.1 Å². The zero-order valence-corrected chi connectivity index (χ0v) is 20.7. The molecule has 5 aromatic rings. The van der Waals surface area contributed by atoms with Crippen LogP contribution in [0.2, 0.25) is 0 Å². The molecule has 0 aliphatic rings. The Hall–Kier alpha value is -5.18. The fourth-order valence-electron chi connectivity index (χ4n) is 3.87. The normalized spacial score (nSPS) is 11.1. The number of hydrogen-bond donors (Lipinski definition) is 0. The molecule has 0 saturated heterocycles. The summed E-state index contributed by atoms with van der Waals surface area (Å²) < 4.78 is 23.2. The molecule has 0 N–H and O–H groups in total. The summed E-state index contributed by atoms with van der Waals surface area (Å²) in [5.41, 5.74) is 2.46.